The highest BCUT2D eigenvalue weighted by atomic mass is 35.5. The highest BCUT2D eigenvalue weighted by molar-refractivity contribution is 6.30. The largest absolute Gasteiger partial charge is 0.493 e. The molecule has 3 nitrogen and oxygen atoms in total. The smallest absolute Gasteiger partial charge is 0.119 e. The molecule has 0 aliphatic carbocycles. The van der Waals surface area contributed by atoms with Crippen LogP contribution in [0.3, 0.4) is 0 Å². The Balaban J connectivity index is 2.38. The van der Waals surface area contributed by atoms with Crippen molar-refractivity contribution >= 4 is 11.6 Å². The van der Waals surface area contributed by atoms with Crippen LogP contribution in [0.1, 0.15) is 6.42 Å². The first kappa shape index (κ1) is 12.3. The van der Waals surface area contributed by atoms with Gasteiger partial charge in [-0.05, 0) is 37.2 Å². The lowest BCUT2D eigenvalue weighted by atomic mass is 10.1. The lowest BCUT2D eigenvalue weighted by molar-refractivity contribution is 0.201. The lowest BCUT2D eigenvalue weighted by Gasteiger charge is -2.14. The van der Waals surface area contributed by atoms with Gasteiger partial charge in [0.1, 0.15) is 5.75 Å². The minimum Gasteiger partial charge on any atom is -0.493 e. The second-order valence-electron chi connectivity index (χ2n) is 3.38. The van der Waals surface area contributed by atoms with E-state index in [1.54, 1.807) is 12.1 Å². The summed E-state index contributed by atoms with van der Waals surface area (Å²) in [6, 6.07) is 7.19. The molecule has 0 bridgehead atoms. The van der Waals surface area contributed by atoms with Gasteiger partial charge >= 0.3 is 0 Å². The zero-order chi connectivity index (χ0) is 11.1. The highest BCUT2D eigenvalue weighted by Crippen LogP contribution is 2.16. The Kier molecular flexibility index (Phi) is 5.47. The normalized spacial score (nSPS) is 12.5. The average Bonchev–Trinajstić information content (AvgIpc) is 2.26. The van der Waals surface area contributed by atoms with E-state index in [1.807, 2.05) is 12.1 Å². The number of ether oxygens (including phenoxy) is 1. The van der Waals surface area contributed by atoms with Crippen molar-refractivity contribution in [3.63, 3.8) is 0 Å². The van der Waals surface area contributed by atoms with E-state index < -0.39 is 0 Å². The molecule has 0 aromatic heterocycles. The van der Waals surface area contributed by atoms with Crippen molar-refractivity contribution in [3.05, 3.63) is 29.3 Å². The summed E-state index contributed by atoms with van der Waals surface area (Å²) >= 11 is 5.74. The highest BCUT2D eigenvalue weighted by Gasteiger charge is 2.06. The number of aliphatic hydroxyl groups excluding tert-OH is 1. The standard InChI is InChI=1S/C11H16ClNO2/c12-10-1-3-11(4-2-10)15-8-9(7-13)5-6-14/h1-4,9,14H,5-8,13H2. The molecule has 15 heavy (non-hydrogen) atoms. The Bertz CT molecular complexity index is 276. The first-order valence-electron chi connectivity index (χ1n) is 4.95. The van der Waals surface area contributed by atoms with Crippen molar-refractivity contribution in [2.45, 2.75) is 6.42 Å². The summed E-state index contributed by atoms with van der Waals surface area (Å²) in [4.78, 5) is 0. The van der Waals surface area contributed by atoms with Crippen LogP contribution in [0.5, 0.6) is 5.75 Å². The Morgan fingerprint density at radius 1 is 1.33 bits per heavy atom. The minimum atomic E-state index is 0.145. The van der Waals surface area contributed by atoms with Gasteiger partial charge in [-0.1, -0.05) is 11.6 Å². The van der Waals surface area contributed by atoms with Crippen molar-refractivity contribution in [1.29, 1.82) is 0 Å². The first-order valence-corrected chi connectivity index (χ1v) is 5.33. The number of benzene rings is 1. The molecule has 1 aromatic carbocycles. The molecule has 3 N–H and O–H groups in total. The molecule has 1 atom stereocenters. The zero-order valence-corrected chi connectivity index (χ0v) is 9.28. The Morgan fingerprint density at radius 3 is 2.53 bits per heavy atom. The molecule has 0 saturated carbocycles. The third kappa shape index (κ3) is 4.51. The van der Waals surface area contributed by atoms with Crippen molar-refractivity contribution < 1.29 is 9.84 Å². The number of halogens is 1. The maximum absolute atomic E-state index is 8.77. The molecule has 0 saturated heterocycles. The van der Waals surface area contributed by atoms with Gasteiger partial charge in [0, 0.05) is 17.5 Å². The summed E-state index contributed by atoms with van der Waals surface area (Å²) in [6.07, 6.45) is 0.671. The molecular weight excluding hydrogens is 214 g/mol. The predicted molar refractivity (Wildman–Crippen MR) is 61.2 cm³/mol. The van der Waals surface area contributed by atoms with Crippen molar-refractivity contribution in [2.24, 2.45) is 11.7 Å². The molecule has 0 spiro atoms. The average molecular weight is 230 g/mol. The summed E-state index contributed by atoms with van der Waals surface area (Å²) in [5.41, 5.74) is 5.53. The molecule has 0 radical (unpaired) electrons. The third-order valence-electron chi connectivity index (χ3n) is 2.17. The molecule has 4 heteroatoms. The minimum absolute atomic E-state index is 0.145. The van der Waals surface area contributed by atoms with E-state index in [0.29, 0.717) is 24.6 Å². The molecule has 0 amide bonds. The van der Waals surface area contributed by atoms with Crippen LogP contribution in [0.15, 0.2) is 24.3 Å². The first-order chi connectivity index (χ1) is 7.26. The van der Waals surface area contributed by atoms with Crippen LogP contribution in [-0.4, -0.2) is 24.9 Å². The fraction of sp³-hybridized carbons (Fsp3) is 0.455. The van der Waals surface area contributed by atoms with Gasteiger partial charge in [-0.15, -0.1) is 0 Å². The van der Waals surface area contributed by atoms with E-state index in [2.05, 4.69) is 0 Å². The van der Waals surface area contributed by atoms with Crippen LogP contribution >= 0.6 is 11.6 Å². The summed E-state index contributed by atoms with van der Waals surface area (Å²) in [5, 5.41) is 9.46. The monoisotopic (exact) mass is 229 g/mol. The van der Waals surface area contributed by atoms with Gasteiger partial charge in [-0.25, -0.2) is 0 Å². The zero-order valence-electron chi connectivity index (χ0n) is 8.53. The molecule has 84 valence electrons. The molecule has 0 aliphatic rings. The van der Waals surface area contributed by atoms with Crippen molar-refractivity contribution in [3.8, 4) is 5.75 Å². The molecule has 1 rings (SSSR count). The van der Waals surface area contributed by atoms with E-state index >= 15 is 0 Å². The second kappa shape index (κ2) is 6.67. The molecule has 0 aliphatic heterocycles. The Morgan fingerprint density at radius 2 is 2.00 bits per heavy atom. The van der Waals surface area contributed by atoms with Crippen molar-refractivity contribution in [2.75, 3.05) is 19.8 Å². The summed E-state index contributed by atoms with van der Waals surface area (Å²) in [6.45, 7) is 1.19. The summed E-state index contributed by atoms with van der Waals surface area (Å²) in [7, 11) is 0. The van der Waals surface area contributed by atoms with E-state index in [-0.39, 0.29) is 12.5 Å². The fourth-order valence-electron chi connectivity index (χ4n) is 1.20. The Hall–Kier alpha value is -0.770. The Labute approximate surface area is 94.8 Å². The van der Waals surface area contributed by atoms with Gasteiger partial charge in [-0.2, -0.15) is 0 Å². The fourth-order valence-corrected chi connectivity index (χ4v) is 1.32. The molecule has 1 aromatic rings. The van der Waals surface area contributed by atoms with Crippen LogP contribution in [0.4, 0.5) is 0 Å². The maximum Gasteiger partial charge on any atom is 0.119 e. The van der Waals surface area contributed by atoms with Crippen LogP contribution in [0.25, 0.3) is 0 Å². The van der Waals surface area contributed by atoms with E-state index in [4.69, 9.17) is 27.2 Å². The number of rotatable bonds is 6. The van der Waals surface area contributed by atoms with E-state index in [0.717, 1.165) is 5.75 Å². The SMILES string of the molecule is NCC(CCO)COc1ccc(Cl)cc1. The van der Waals surface area contributed by atoms with Crippen LogP contribution in [-0.2, 0) is 0 Å². The predicted octanol–water partition coefficient (Wildman–Crippen LogP) is 1.68. The second-order valence-corrected chi connectivity index (χ2v) is 3.82. The summed E-state index contributed by atoms with van der Waals surface area (Å²) < 4.78 is 5.52. The van der Waals surface area contributed by atoms with Crippen LogP contribution in [0, 0.1) is 5.92 Å². The van der Waals surface area contributed by atoms with Crippen LogP contribution in [0.2, 0.25) is 5.02 Å². The summed E-state index contributed by atoms with van der Waals surface area (Å²) in [5.74, 6) is 0.974. The third-order valence-corrected chi connectivity index (χ3v) is 2.42. The molecule has 1 unspecified atom stereocenters. The van der Waals surface area contributed by atoms with Gasteiger partial charge in [0.05, 0.1) is 6.61 Å². The van der Waals surface area contributed by atoms with E-state index in [9.17, 15) is 0 Å². The number of hydrogen-bond acceptors (Lipinski definition) is 3. The quantitative estimate of drug-likeness (QED) is 0.781. The topological polar surface area (TPSA) is 55.5 Å². The molecule has 0 fully saturated rings. The number of nitrogens with two attached hydrogens (primary N) is 1. The van der Waals surface area contributed by atoms with Gasteiger partial charge in [-0.3, -0.25) is 0 Å². The van der Waals surface area contributed by atoms with Gasteiger partial charge in [0.2, 0.25) is 0 Å². The van der Waals surface area contributed by atoms with Gasteiger partial charge in [0.15, 0.2) is 0 Å². The van der Waals surface area contributed by atoms with Gasteiger partial charge in [0.25, 0.3) is 0 Å². The maximum atomic E-state index is 8.77. The molecule has 0 heterocycles. The van der Waals surface area contributed by atoms with E-state index in [1.165, 1.54) is 0 Å². The molecular formula is C11H16ClNO2. The lowest BCUT2D eigenvalue weighted by Crippen LogP contribution is -2.22. The number of hydrogen-bond donors (Lipinski definition) is 2. The van der Waals surface area contributed by atoms with Crippen molar-refractivity contribution in [1.82, 2.24) is 0 Å². The number of aliphatic hydroxyl groups is 1. The van der Waals surface area contributed by atoms with Crippen LogP contribution < -0.4 is 10.5 Å². The van der Waals surface area contributed by atoms with Gasteiger partial charge < -0.3 is 15.6 Å².